The summed E-state index contributed by atoms with van der Waals surface area (Å²) in [5, 5.41) is 6.29. The number of ether oxygens (including phenoxy) is 1. The minimum atomic E-state index is -0.166. The Kier molecular flexibility index (Phi) is 3.50. The molecule has 5 nitrogen and oxygen atoms in total. The van der Waals surface area contributed by atoms with E-state index in [0.29, 0.717) is 11.6 Å². The van der Waals surface area contributed by atoms with Gasteiger partial charge in [0.05, 0.1) is 0 Å². The molecule has 1 rings (SSSR count). The number of carbonyl (C=O) groups is 1. The first kappa shape index (κ1) is 10.6. The lowest BCUT2D eigenvalue weighted by molar-refractivity contribution is -0.123. The molecule has 1 N–H and O–H groups in total. The Hall–Kier alpha value is -1.52. The van der Waals surface area contributed by atoms with Crippen molar-refractivity contribution in [3.8, 4) is 5.88 Å². The van der Waals surface area contributed by atoms with Crippen LogP contribution in [-0.4, -0.2) is 23.7 Å². The van der Waals surface area contributed by atoms with E-state index in [2.05, 4.69) is 10.5 Å². The number of amides is 1. The van der Waals surface area contributed by atoms with Gasteiger partial charge >= 0.3 is 0 Å². The van der Waals surface area contributed by atoms with Crippen LogP contribution in [0, 0.1) is 6.92 Å². The Balaban J connectivity index is 2.30. The third kappa shape index (κ3) is 3.47. The van der Waals surface area contributed by atoms with Crippen LogP contribution >= 0.6 is 0 Å². The van der Waals surface area contributed by atoms with Crippen molar-refractivity contribution in [3.05, 3.63) is 11.8 Å². The second-order valence-electron chi connectivity index (χ2n) is 3.29. The number of nitrogens with one attached hydrogen (secondary N) is 1. The zero-order valence-corrected chi connectivity index (χ0v) is 8.53. The van der Waals surface area contributed by atoms with E-state index in [1.165, 1.54) is 0 Å². The van der Waals surface area contributed by atoms with Gasteiger partial charge in [-0.3, -0.25) is 4.79 Å². The van der Waals surface area contributed by atoms with Crippen LogP contribution in [0.5, 0.6) is 5.88 Å². The van der Waals surface area contributed by atoms with Crippen LogP contribution in [0.2, 0.25) is 0 Å². The minimum Gasteiger partial charge on any atom is -0.465 e. The minimum absolute atomic E-state index is 0.0375. The molecule has 0 saturated heterocycles. The standard InChI is InChI=1S/C9H14N2O3/c1-6(2)10-8(12)5-13-9-4-7(3)14-11-9/h4,6H,5H2,1-3H3,(H,10,12). The van der Waals surface area contributed by atoms with Crippen molar-refractivity contribution in [3.63, 3.8) is 0 Å². The van der Waals surface area contributed by atoms with E-state index < -0.39 is 0 Å². The van der Waals surface area contributed by atoms with Gasteiger partial charge in [0.1, 0.15) is 5.76 Å². The lowest BCUT2D eigenvalue weighted by Gasteiger charge is -2.07. The maximum absolute atomic E-state index is 11.1. The molecule has 0 aliphatic rings. The molecule has 0 atom stereocenters. The number of aryl methyl sites for hydroxylation is 1. The quantitative estimate of drug-likeness (QED) is 0.780. The summed E-state index contributed by atoms with van der Waals surface area (Å²) in [6, 6.07) is 1.74. The monoisotopic (exact) mass is 198 g/mol. The van der Waals surface area contributed by atoms with Crippen LogP contribution in [0.3, 0.4) is 0 Å². The fourth-order valence-electron chi connectivity index (χ4n) is 0.915. The highest BCUT2D eigenvalue weighted by atomic mass is 16.5. The normalized spacial score (nSPS) is 10.3. The number of aromatic nitrogens is 1. The summed E-state index contributed by atoms with van der Waals surface area (Å²) in [4.78, 5) is 11.1. The Labute approximate surface area is 82.4 Å². The van der Waals surface area contributed by atoms with Gasteiger partial charge in [0.2, 0.25) is 0 Å². The smallest absolute Gasteiger partial charge is 0.258 e. The van der Waals surface area contributed by atoms with Gasteiger partial charge in [0, 0.05) is 12.1 Å². The molecule has 1 aromatic rings. The first-order valence-corrected chi connectivity index (χ1v) is 4.43. The van der Waals surface area contributed by atoms with E-state index in [-0.39, 0.29) is 18.6 Å². The van der Waals surface area contributed by atoms with E-state index >= 15 is 0 Å². The van der Waals surface area contributed by atoms with Gasteiger partial charge < -0.3 is 14.6 Å². The predicted molar refractivity (Wildman–Crippen MR) is 50.0 cm³/mol. The average Bonchev–Trinajstić information content (AvgIpc) is 2.47. The molecule has 1 aromatic heterocycles. The summed E-state index contributed by atoms with van der Waals surface area (Å²) in [7, 11) is 0. The van der Waals surface area contributed by atoms with E-state index in [9.17, 15) is 4.79 Å². The second kappa shape index (κ2) is 4.64. The summed E-state index contributed by atoms with van der Waals surface area (Å²) in [6.07, 6.45) is 0. The zero-order valence-electron chi connectivity index (χ0n) is 8.53. The Morgan fingerprint density at radius 1 is 1.71 bits per heavy atom. The molecule has 0 bridgehead atoms. The summed E-state index contributed by atoms with van der Waals surface area (Å²) in [6.45, 7) is 5.49. The van der Waals surface area contributed by atoms with E-state index in [4.69, 9.17) is 9.26 Å². The Morgan fingerprint density at radius 3 is 2.93 bits per heavy atom. The molecule has 78 valence electrons. The van der Waals surface area contributed by atoms with Gasteiger partial charge in [-0.05, 0) is 25.9 Å². The molecule has 0 aliphatic heterocycles. The van der Waals surface area contributed by atoms with Crippen LogP contribution in [0.4, 0.5) is 0 Å². The molecule has 0 saturated carbocycles. The first-order valence-electron chi connectivity index (χ1n) is 4.43. The molecular weight excluding hydrogens is 184 g/mol. The molecule has 1 heterocycles. The summed E-state index contributed by atoms with van der Waals surface area (Å²) in [5.41, 5.74) is 0. The van der Waals surface area contributed by atoms with Gasteiger partial charge in [-0.2, -0.15) is 0 Å². The van der Waals surface area contributed by atoms with Crippen molar-refractivity contribution in [1.29, 1.82) is 0 Å². The van der Waals surface area contributed by atoms with Crippen molar-refractivity contribution >= 4 is 5.91 Å². The van der Waals surface area contributed by atoms with Crippen molar-refractivity contribution in [2.45, 2.75) is 26.8 Å². The van der Waals surface area contributed by atoms with Crippen molar-refractivity contribution < 1.29 is 14.1 Å². The first-order chi connectivity index (χ1) is 6.58. The average molecular weight is 198 g/mol. The van der Waals surface area contributed by atoms with Gasteiger partial charge in [0.15, 0.2) is 6.61 Å². The predicted octanol–water partition coefficient (Wildman–Crippen LogP) is 0.886. The molecule has 0 spiro atoms. The lowest BCUT2D eigenvalue weighted by Crippen LogP contribution is -2.34. The van der Waals surface area contributed by atoms with E-state index in [1.54, 1.807) is 13.0 Å². The van der Waals surface area contributed by atoms with Gasteiger partial charge in [0.25, 0.3) is 11.8 Å². The summed E-state index contributed by atoms with van der Waals surface area (Å²) < 4.78 is 9.84. The van der Waals surface area contributed by atoms with Crippen LogP contribution in [0.25, 0.3) is 0 Å². The van der Waals surface area contributed by atoms with Crippen molar-refractivity contribution in [2.75, 3.05) is 6.61 Å². The summed E-state index contributed by atoms with van der Waals surface area (Å²) >= 11 is 0. The maximum Gasteiger partial charge on any atom is 0.258 e. The molecule has 0 aromatic carbocycles. The number of hydrogen-bond donors (Lipinski definition) is 1. The van der Waals surface area contributed by atoms with Crippen LogP contribution in [-0.2, 0) is 4.79 Å². The van der Waals surface area contributed by atoms with Crippen molar-refractivity contribution in [1.82, 2.24) is 10.5 Å². The van der Waals surface area contributed by atoms with Crippen LogP contribution < -0.4 is 10.1 Å². The number of nitrogens with zero attached hydrogens (tertiary/aromatic N) is 1. The number of hydrogen-bond acceptors (Lipinski definition) is 4. The highest BCUT2D eigenvalue weighted by Gasteiger charge is 2.06. The maximum atomic E-state index is 11.1. The molecule has 5 heteroatoms. The second-order valence-corrected chi connectivity index (χ2v) is 3.29. The molecule has 0 fully saturated rings. The number of carbonyl (C=O) groups excluding carboxylic acids is 1. The molecule has 0 unspecified atom stereocenters. The van der Waals surface area contributed by atoms with E-state index in [1.807, 2.05) is 13.8 Å². The Bertz CT molecular complexity index is 307. The zero-order chi connectivity index (χ0) is 10.6. The largest absolute Gasteiger partial charge is 0.465 e. The fourth-order valence-corrected chi connectivity index (χ4v) is 0.915. The lowest BCUT2D eigenvalue weighted by atomic mass is 10.4. The fraction of sp³-hybridized carbons (Fsp3) is 0.556. The van der Waals surface area contributed by atoms with Gasteiger partial charge in [-0.1, -0.05) is 0 Å². The third-order valence-electron chi connectivity index (χ3n) is 1.41. The third-order valence-corrected chi connectivity index (χ3v) is 1.41. The topological polar surface area (TPSA) is 64.4 Å². The molecule has 0 aliphatic carbocycles. The van der Waals surface area contributed by atoms with Crippen LogP contribution in [0.15, 0.2) is 10.6 Å². The summed E-state index contributed by atoms with van der Waals surface area (Å²) in [5.74, 6) is 0.825. The number of rotatable bonds is 4. The Morgan fingerprint density at radius 2 is 2.43 bits per heavy atom. The van der Waals surface area contributed by atoms with E-state index in [0.717, 1.165) is 0 Å². The highest BCUT2D eigenvalue weighted by molar-refractivity contribution is 5.77. The van der Waals surface area contributed by atoms with Crippen LogP contribution in [0.1, 0.15) is 19.6 Å². The molecule has 14 heavy (non-hydrogen) atoms. The molecule has 1 amide bonds. The highest BCUT2D eigenvalue weighted by Crippen LogP contribution is 2.09. The SMILES string of the molecule is Cc1cc(OCC(=O)NC(C)C)no1. The van der Waals surface area contributed by atoms with Crippen molar-refractivity contribution in [2.24, 2.45) is 0 Å². The molecular formula is C9H14N2O3. The molecule has 0 radical (unpaired) electrons. The van der Waals surface area contributed by atoms with Gasteiger partial charge in [-0.15, -0.1) is 0 Å². The van der Waals surface area contributed by atoms with Gasteiger partial charge in [-0.25, -0.2) is 0 Å².